The zero-order chi connectivity index (χ0) is 9.14. The minimum absolute atomic E-state index is 0.0597. The first kappa shape index (κ1) is 8.64. The number of hydrogen-bond acceptors (Lipinski definition) is 2. The van der Waals surface area contributed by atoms with Crippen LogP contribution in [0.4, 0.5) is 4.39 Å². The number of halogens is 1. The molecule has 1 unspecified atom stereocenters. The Kier molecular flexibility index (Phi) is 2.38. The fourth-order valence-electron chi connectivity index (χ4n) is 0.799. The Morgan fingerprint density at radius 2 is 2.42 bits per heavy atom. The van der Waals surface area contributed by atoms with Gasteiger partial charge in [0.25, 0.3) is 0 Å². The van der Waals surface area contributed by atoms with Gasteiger partial charge in [0, 0.05) is 6.20 Å². The van der Waals surface area contributed by atoms with Crippen LogP contribution in [0.3, 0.4) is 0 Å². The van der Waals surface area contributed by atoms with Crippen molar-refractivity contribution in [2.75, 3.05) is 0 Å². The number of pyridine rings is 1. The highest BCUT2D eigenvalue weighted by molar-refractivity contribution is 5.87. The summed E-state index contributed by atoms with van der Waals surface area (Å²) in [6, 6.07) is 2.56. The monoisotopic (exact) mass is 169 g/mol. The molecule has 0 radical (unpaired) electrons. The summed E-state index contributed by atoms with van der Waals surface area (Å²) in [6.07, 6.45) is 0.0544. The number of carboxylic acid groups (broad SMARTS) is 1. The molecule has 0 aromatic carbocycles. The Morgan fingerprint density at radius 1 is 1.75 bits per heavy atom. The molecule has 0 amide bonds. The highest BCUT2D eigenvalue weighted by atomic mass is 19.1. The number of nitrogens with zero attached hydrogens (tertiary/aromatic N) is 1. The molecule has 4 heteroatoms. The van der Waals surface area contributed by atoms with Gasteiger partial charge in [0.05, 0.1) is 11.3 Å². The second-order valence-electron chi connectivity index (χ2n) is 2.39. The first-order chi connectivity index (χ1) is 5.61. The Hall–Kier alpha value is -1.45. The number of aromatic nitrogens is 1. The predicted molar refractivity (Wildman–Crippen MR) is 40.7 cm³/mol. The SMILES string of the molecule is CC(F)c1cc(C(=O)O)ccn1. The maximum Gasteiger partial charge on any atom is 0.335 e. The molecular weight excluding hydrogens is 161 g/mol. The molecule has 1 atom stereocenters. The lowest BCUT2D eigenvalue weighted by Crippen LogP contribution is -1.99. The van der Waals surface area contributed by atoms with Crippen LogP contribution in [-0.4, -0.2) is 16.1 Å². The van der Waals surface area contributed by atoms with E-state index in [4.69, 9.17) is 5.11 Å². The molecule has 3 nitrogen and oxygen atoms in total. The Morgan fingerprint density at radius 3 is 2.92 bits per heavy atom. The largest absolute Gasteiger partial charge is 0.478 e. The molecule has 1 heterocycles. The Bertz CT molecular complexity index is 299. The lowest BCUT2D eigenvalue weighted by molar-refractivity contribution is 0.0696. The smallest absolute Gasteiger partial charge is 0.335 e. The van der Waals surface area contributed by atoms with Gasteiger partial charge in [-0.3, -0.25) is 4.98 Å². The van der Waals surface area contributed by atoms with Crippen LogP contribution in [-0.2, 0) is 0 Å². The quantitative estimate of drug-likeness (QED) is 0.734. The zero-order valence-electron chi connectivity index (χ0n) is 6.49. The third kappa shape index (κ3) is 1.78. The lowest BCUT2D eigenvalue weighted by atomic mass is 10.2. The van der Waals surface area contributed by atoms with E-state index in [2.05, 4.69) is 4.98 Å². The van der Waals surface area contributed by atoms with Gasteiger partial charge in [-0.25, -0.2) is 9.18 Å². The van der Waals surface area contributed by atoms with Crippen LogP contribution in [0.5, 0.6) is 0 Å². The summed E-state index contributed by atoms with van der Waals surface area (Å²) in [4.78, 5) is 14.1. The van der Waals surface area contributed by atoms with Crippen molar-refractivity contribution >= 4 is 5.97 Å². The van der Waals surface area contributed by atoms with Crippen LogP contribution in [0.2, 0.25) is 0 Å². The van der Waals surface area contributed by atoms with Crippen molar-refractivity contribution in [3.8, 4) is 0 Å². The van der Waals surface area contributed by atoms with E-state index < -0.39 is 12.1 Å². The van der Waals surface area contributed by atoms with Gasteiger partial charge in [-0.15, -0.1) is 0 Å². The second-order valence-corrected chi connectivity index (χ2v) is 2.39. The van der Waals surface area contributed by atoms with Crippen molar-refractivity contribution in [3.05, 3.63) is 29.6 Å². The summed E-state index contributed by atoms with van der Waals surface area (Å²) >= 11 is 0. The molecular formula is C8H8FNO2. The summed E-state index contributed by atoms with van der Waals surface area (Å²) in [5.41, 5.74) is 0.208. The molecule has 0 bridgehead atoms. The maximum absolute atomic E-state index is 12.6. The zero-order valence-corrected chi connectivity index (χ0v) is 6.49. The summed E-state index contributed by atoms with van der Waals surface area (Å²) in [5, 5.41) is 8.54. The van der Waals surface area contributed by atoms with Crippen LogP contribution in [0.1, 0.15) is 29.1 Å². The molecule has 1 aromatic heterocycles. The Balaban J connectivity index is 3.04. The number of rotatable bonds is 2. The molecule has 0 fully saturated rings. The maximum atomic E-state index is 12.6. The van der Waals surface area contributed by atoms with E-state index in [1.54, 1.807) is 0 Å². The van der Waals surface area contributed by atoms with Crippen LogP contribution < -0.4 is 0 Å². The summed E-state index contributed by atoms with van der Waals surface area (Å²) < 4.78 is 12.6. The third-order valence-electron chi connectivity index (χ3n) is 1.44. The average molecular weight is 169 g/mol. The van der Waals surface area contributed by atoms with Gasteiger partial charge < -0.3 is 5.11 Å². The fraction of sp³-hybridized carbons (Fsp3) is 0.250. The third-order valence-corrected chi connectivity index (χ3v) is 1.44. The number of carbonyl (C=O) groups is 1. The molecule has 1 rings (SSSR count). The molecule has 1 N–H and O–H groups in total. The van der Waals surface area contributed by atoms with Crippen LogP contribution in [0, 0.1) is 0 Å². The van der Waals surface area contributed by atoms with E-state index in [0.717, 1.165) is 0 Å². The topological polar surface area (TPSA) is 50.2 Å². The minimum atomic E-state index is -1.23. The number of hydrogen-bond donors (Lipinski definition) is 1. The molecule has 0 spiro atoms. The van der Waals surface area contributed by atoms with Crippen molar-refractivity contribution in [2.45, 2.75) is 13.1 Å². The van der Waals surface area contributed by atoms with E-state index in [1.807, 2.05) is 0 Å². The number of carboxylic acids is 1. The minimum Gasteiger partial charge on any atom is -0.478 e. The van der Waals surface area contributed by atoms with Crippen LogP contribution in [0.15, 0.2) is 18.3 Å². The second kappa shape index (κ2) is 3.30. The summed E-state index contributed by atoms with van der Waals surface area (Å²) in [5.74, 6) is -1.07. The average Bonchev–Trinajstić information content (AvgIpc) is 2.04. The first-order valence-electron chi connectivity index (χ1n) is 3.44. The van der Waals surface area contributed by atoms with E-state index in [9.17, 15) is 9.18 Å². The predicted octanol–water partition coefficient (Wildman–Crippen LogP) is 1.81. The molecule has 0 aliphatic rings. The van der Waals surface area contributed by atoms with Gasteiger partial charge in [0.1, 0.15) is 6.17 Å². The highest BCUT2D eigenvalue weighted by Crippen LogP contribution is 2.14. The molecule has 12 heavy (non-hydrogen) atoms. The molecule has 0 aliphatic heterocycles. The van der Waals surface area contributed by atoms with Crippen molar-refractivity contribution < 1.29 is 14.3 Å². The van der Waals surface area contributed by atoms with Gasteiger partial charge in [-0.1, -0.05) is 0 Å². The van der Waals surface area contributed by atoms with Gasteiger partial charge in [0.2, 0.25) is 0 Å². The van der Waals surface area contributed by atoms with E-state index in [1.165, 1.54) is 25.3 Å². The van der Waals surface area contributed by atoms with Gasteiger partial charge in [-0.2, -0.15) is 0 Å². The molecule has 1 aromatic rings. The van der Waals surface area contributed by atoms with Crippen molar-refractivity contribution in [3.63, 3.8) is 0 Å². The Labute approximate surface area is 68.9 Å². The highest BCUT2D eigenvalue weighted by Gasteiger charge is 2.08. The lowest BCUT2D eigenvalue weighted by Gasteiger charge is -2.00. The van der Waals surface area contributed by atoms with Crippen molar-refractivity contribution in [1.82, 2.24) is 4.98 Å². The molecule has 0 aliphatic carbocycles. The normalized spacial score (nSPS) is 12.5. The van der Waals surface area contributed by atoms with Gasteiger partial charge in [-0.05, 0) is 19.1 Å². The number of aromatic carboxylic acids is 1. The van der Waals surface area contributed by atoms with Crippen LogP contribution >= 0.6 is 0 Å². The summed E-state index contributed by atoms with van der Waals surface area (Å²) in [6.45, 7) is 1.31. The fourth-order valence-corrected chi connectivity index (χ4v) is 0.799. The van der Waals surface area contributed by atoms with E-state index in [0.29, 0.717) is 0 Å². The standard InChI is InChI=1S/C8H8FNO2/c1-5(9)7-4-6(8(11)12)2-3-10-7/h2-5H,1H3,(H,11,12). The van der Waals surface area contributed by atoms with Gasteiger partial charge in [0.15, 0.2) is 0 Å². The van der Waals surface area contributed by atoms with Gasteiger partial charge >= 0.3 is 5.97 Å². The van der Waals surface area contributed by atoms with E-state index in [-0.39, 0.29) is 11.3 Å². The van der Waals surface area contributed by atoms with Crippen LogP contribution in [0.25, 0.3) is 0 Å². The molecule has 64 valence electrons. The van der Waals surface area contributed by atoms with Crippen molar-refractivity contribution in [1.29, 1.82) is 0 Å². The molecule has 0 saturated heterocycles. The summed E-state index contributed by atoms with van der Waals surface area (Å²) in [7, 11) is 0. The van der Waals surface area contributed by atoms with Crippen molar-refractivity contribution in [2.24, 2.45) is 0 Å². The van der Waals surface area contributed by atoms with E-state index >= 15 is 0 Å². The number of alkyl halides is 1. The first-order valence-corrected chi connectivity index (χ1v) is 3.44. The molecule has 0 saturated carbocycles.